The van der Waals surface area contributed by atoms with Gasteiger partial charge in [-0.3, -0.25) is 0 Å². The van der Waals surface area contributed by atoms with E-state index in [1.54, 1.807) is 22.8 Å². The van der Waals surface area contributed by atoms with Crippen LogP contribution in [0.25, 0.3) is 17.1 Å². The van der Waals surface area contributed by atoms with Crippen LogP contribution in [0.1, 0.15) is 0 Å². The summed E-state index contributed by atoms with van der Waals surface area (Å²) in [6, 6.07) is 15.8. The first-order valence-corrected chi connectivity index (χ1v) is 7.68. The van der Waals surface area contributed by atoms with Crippen LogP contribution in [0.4, 0.5) is 0 Å². The first-order valence-electron chi connectivity index (χ1n) is 6.08. The van der Waals surface area contributed by atoms with Gasteiger partial charge in [-0.05, 0) is 36.6 Å². The molecule has 100 valence electrons. The molecule has 0 aliphatic rings. The maximum Gasteiger partial charge on any atom is 0.163 e. The van der Waals surface area contributed by atoms with Crippen LogP contribution >= 0.6 is 23.4 Å². The highest BCUT2D eigenvalue weighted by atomic mass is 35.5. The minimum atomic E-state index is 0.682. The minimum absolute atomic E-state index is 0.682. The number of halogens is 1. The summed E-state index contributed by atoms with van der Waals surface area (Å²) in [5.41, 5.74) is 1.93. The Kier molecular flexibility index (Phi) is 3.76. The molecule has 0 saturated heterocycles. The predicted octanol–water partition coefficient (Wildman–Crippen LogP) is 4.31. The van der Waals surface area contributed by atoms with Crippen LogP contribution in [-0.4, -0.2) is 21.0 Å². The number of aromatic nitrogens is 3. The van der Waals surface area contributed by atoms with Gasteiger partial charge in [0, 0.05) is 15.5 Å². The lowest BCUT2D eigenvalue weighted by Crippen LogP contribution is -1.99. The minimum Gasteiger partial charge on any atom is -0.215 e. The van der Waals surface area contributed by atoms with Crippen molar-refractivity contribution < 1.29 is 0 Å². The first kappa shape index (κ1) is 13.2. The molecule has 3 aromatic rings. The molecule has 0 aliphatic heterocycles. The Hall–Kier alpha value is -1.78. The van der Waals surface area contributed by atoms with Gasteiger partial charge in [-0.15, -0.1) is 11.8 Å². The van der Waals surface area contributed by atoms with Crippen LogP contribution in [0.5, 0.6) is 0 Å². The second-order valence-corrected chi connectivity index (χ2v) is 5.52. The lowest BCUT2D eigenvalue weighted by atomic mass is 10.2. The molecule has 20 heavy (non-hydrogen) atoms. The van der Waals surface area contributed by atoms with Gasteiger partial charge in [-0.2, -0.15) is 5.10 Å². The molecule has 0 amide bonds. The Morgan fingerprint density at radius 2 is 1.90 bits per heavy atom. The van der Waals surface area contributed by atoms with Crippen molar-refractivity contribution in [2.24, 2.45) is 0 Å². The largest absolute Gasteiger partial charge is 0.215 e. The lowest BCUT2D eigenvalue weighted by Gasteiger charge is -2.07. The maximum absolute atomic E-state index is 6.04. The Labute approximate surface area is 126 Å². The van der Waals surface area contributed by atoms with Crippen molar-refractivity contribution >= 4 is 23.4 Å². The zero-order valence-corrected chi connectivity index (χ0v) is 12.4. The first-order chi connectivity index (χ1) is 9.78. The molecular weight excluding hydrogens is 290 g/mol. The molecule has 0 unspecified atom stereocenters. The summed E-state index contributed by atoms with van der Waals surface area (Å²) in [4.78, 5) is 5.57. The van der Waals surface area contributed by atoms with Crippen molar-refractivity contribution in [1.29, 1.82) is 0 Å². The second-order valence-electron chi connectivity index (χ2n) is 4.20. The second kappa shape index (κ2) is 5.69. The van der Waals surface area contributed by atoms with Gasteiger partial charge in [0.15, 0.2) is 5.82 Å². The predicted molar refractivity (Wildman–Crippen MR) is 83.6 cm³/mol. The van der Waals surface area contributed by atoms with Crippen LogP contribution in [0.2, 0.25) is 5.02 Å². The number of hydrogen-bond donors (Lipinski definition) is 0. The van der Waals surface area contributed by atoms with E-state index >= 15 is 0 Å². The van der Waals surface area contributed by atoms with Gasteiger partial charge in [-0.25, -0.2) is 9.67 Å². The summed E-state index contributed by atoms with van der Waals surface area (Å²) in [5.74, 6) is 0.805. The van der Waals surface area contributed by atoms with Crippen molar-refractivity contribution in [2.75, 3.05) is 6.26 Å². The van der Waals surface area contributed by atoms with E-state index in [0.717, 1.165) is 17.1 Å². The van der Waals surface area contributed by atoms with Gasteiger partial charge in [0.25, 0.3) is 0 Å². The monoisotopic (exact) mass is 301 g/mol. The zero-order chi connectivity index (χ0) is 13.9. The van der Waals surface area contributed by atoms with E-state index in [2.05, 4.69) is 40.6 Å². The molecule has 0 N–H and O–H groups in total. The third kappa shape index (κ3) is 2.57. The van der Waals surface area contributed by atoms with Crippen molar-refractivity contribution in [1.82, 2.24) is 14.8 Å². The van der Waals surface area contributed by atoms with Gasteiger partial charge in [0.2, 0.25) is 0 Å². The van der Waals surface area contributed by atoms with Crippen LogP contribution in [-0.2, 0) is 0 Å². The summed E-state index contributed by atoms with van der Waals surface area (Å²) in [7, 11) is 0. The molecule has 5 heteroatoms. The van der Waals surface area contributed by atoms with Gasteiger partial charge >= 0.3 is 0 Å². The Morgan fingerprint density at radius 3 is 2.60 bits per heavy atom. The highest BCUT2D eigenvalue weighted by molar-refractivity contribution is 7.98. The highest BCUT2D eigenvalue weighted by Gasteiger charge is 2.09. The van der Waals surface area contributed by atoms with Crippen molar-refractivity contribution in [2.45, 2.75) is 4.90 Å². The highest BCUT2D eigenvalue weighted by Crippen LogP contribution is 2.24. The summed E-state index contributed by atoms with van der Waals surface area (Å²) in [6.07, 6.45) is 3.61. The molecule has 0 aliphatic carbocycles. The Bertz CT molecular complexity index is 722. The average molecular weight is 302 g/mol. The molecule has 3 rings (SSSR count). The molecule has 0 fully saturated rings. The fourth-order valence-corrected chi connectivity index (χ4v) is 2.57. The number of thioether (sulfide) groups is 1. The number of hydrogen-bond acceptors (Lipinski definition) is 3. The van der Waals surface area contributed by atoms with E-state index in [1.807, 2.05) is 24.3 Å². The molecule has 0 radical (unpaired) electrons. The summed E-state index contributed by atoms with van der Waals surface area (Å²) in [5, 5.41) is 4.97. The summed E-state index contributed by atoms with van der Waals surface area (Å²) < 4.78 is 1.79. The van der Waals surface area contributed by atoms with E-state index in [4.69, 9.17) is 11.6 Å². The van der Waals surface area contributed by atoms with Crippen LogP contribution in [0.3, 0.4) is 0 Å². The third-order valence-electron chi connectivity index (χ3n) is 2.95. The van der Waals surface area contributed by atoms with Gasteiger partial charge in [0.05, 0.1) is 5.69 Å². The van der Waals surface area contributed by atoms with Crippen LogP contribution in [0, 0.1) is 0 Å². The van der Waals surface area contributed by atoms with Crippen molar-refractivity contribution in [3.8, 4) is 17.1 Å². The van der Waals surface area contributed by atoms with Crippen LogP contribution < -0.4 is 0 Å². The lowest BCUT2D eigenvalue weighted by molar-refractivity contribution is 0.887. The van der Waals surface area contributed by atoms with E-state index in [1.165, 1.54) is 4.90 Å². The Balaban J connectivity index is 2.05. The topological polar surface area (TPSA) is 30.7 Å². The third-order valence-corrected chi connectivity index (χ3v) is 3.93. The molecule has 0 atom stereocenters. The molecular formula is C15H12ClN3S. The quantitative estimate of drug-likeness (QED) is 0.675. The SMILES string of the molecule is CSc1ccc(-c2ncnn2-c2cccc(Cl)c2)cc1. The summed E-state index contributed by atoms with van der Waals surface area (Å²) >= 11 is 7.75. The summed E-state index contributed by atoms with van der Waals surface area (Å²) in [6.45, 7) is 0. The van der Waals surface area contributed by atoms with Gasteiger partial charge in [-0.1, -0.05) is 29.8 Å². The number of rotatable bonds is 3. The molecule has 0 saturated carbocycles. The molecule has 2 aromatic carbocycles. The normalized spacial score (nSPS) is 10.7. The van der Waals surface area contributed by atoms with Gasteiger partial charge < -0.3 is 0 Å². The van der Waals surface area contributed by atoms with E-state index in [9.17, 15) is 0 Å². The number of benzene rings is 2. The molecule has 0 spiro atoms. The van der Waals surface area contributed by atoms with Gasteiger partial charge in [0.1, 0.15) is 6.33 Å². The molecule has 1 aromatic heterocycles. The van der Waals surface area contributed by atoms with E-state index in [-0.39, 0.29) is 0 Å². The molecule has 0 bridgehead atoms. The molecule has 1 heterocycles. The van der Waals surface area contributed by atoms with Crippen molar-refractivity contribution in [3.63, 3.8) is 0 Å². The standard InChI is InChI=1S/C15H12ClN3S/c1-20-14-7-5-11(6-8-14)15-17-10-18-19(15)13-4-2-3-12(16)9-13/h2-10H,1H3. The maximum atomic E-state index is 6.04. The Morgan fingerprint density at radius 1 is 1.10 bits per heavy atom. The smallest absolute Gasteiger partial charge is 0.163 e. The van der Waals surface area contributed by atoms with E-state index in [0.29, 0.717) is 5.02 Å². The van der Waals surface area contributed by atoms with Crippen molar-refractivity contribution in [3.05, 3.63) is 59.9 Å². The fraction of sp³-hybridized carbons (Fsp3) is 0.0667. The van der Waals surface area contributed by atoms with Crippen LogP contribution in [0.15, 0.2) is 59.8 Å². The zero-order valence-electron chi connectivity index (χ0n) is 10.8. The number of nitrogens with zero attached hydrogens (tertiary/aromatic N) is 3. The molecule has 3 nitrogen and oxygen atoms in total. The average Bonchev–Trinajstić information content (AvgIpc) is 2.97. The fourth-order valence-electron chi connectivity index (χ4n) is 1.98. The van der Waals surface area contributed by atoms with E-state index < -0.39 is 0 Å².